The van der Waals surface area contributed by atoms with Crippen molar-refractivity contribution in [3.63, 3.8) is 0 Å². The summed E-state index contributed by atoms with van der Waals surface area (Å²) in [6.45, 7) is 4.33. The molecule has 0 bridgehead atoms. The Hall–Kier alpha value is -2.56. The maximum atomic E-state index is 14.0. The summed E-state index contributed by atoms with van der Waals surface area (Å²) in [5, 5.41) is 0. The van der Waals surface area contributed by atoms with Crippen LogP contribution < -0.4 is 4.90 Å². The maximum Gasteiger partial charge on any atom is 0.320 e. The summed E-state index contributed by atoms with van der Waals surface area (Å²) in [5.74, 6) is 0.465. The number of carbonyl (C=O) groups excluding carboxylic acids is 1. The van der Waals surface area contributed by atoms with Crippen LogP contribution in [0.1, 0.15) is 18.4 Å². The van der Waals surface area contributed by atoms with Gasteiger partial charge in [-0.15, -0.1) is 0 Å². The van der Waals surface area contributed by atoms with E-state index >= 15 is 0 Å². The van der Waals surface area contributed by atoms with Crippen molar-refractivity contribution in [2.75, 3.05) is 44.2 Å². The van der Waals surface area contributed by atoms with Crippen molar-refractivity contribution in [3.05, 3.63) is 66.0 Å². The number of hydrogen-bond donors (Lipinski definition) is 0. The molecule has 2 saturated heterocycles. The molecule has 2 amide bonds. The molecule has 0 aliphatic carbocycles. The number of para-hydroxylation sites is 1. The van der Waals surface area contributed by atoms with Crippen LogP contribution in [0.15, 0.2) is 54.6 Å². The minimum absolute atomic E-state index is 0.145. The zero-order chi connectivity index (χ0) is 19.3. The van der Waals surface area contributed by atoms with Crippen molar-refractivity contribution in [1.82, 2.24) is 9.80 Å². The Morgan fingerprint density at radius 1 is 0.821 bits per heavy atom. The van der Waals surface area contributed by atoms with E-state index in [0.717, 1.165) is 32.4 Å². The Morgan fingerprint density at radius 2 is 1.43 bits per heavy atom. The lowest BCUT2D eigenvalue weighted by atomic mass is 9.90. The number of piperidine rings is 1. The molecule has 2 fully saturated rings. The van der Waals surface area contributed by atoms with Crippen molar-refractivity contribution in [2.24, 2.45) is 5.92 Å². The number of anilines is 1. The van der Waals surface area contributed by atoms with Gasteiger partial charge < -0.3 is 14.7 Å². The van der Waals surface area contributed by atoms with E-state index in [2.05, 4.69) is 30.3 Å². The van der Waals surface area contributed by atoms with E-state index in [0.29, 0.717) is 37.8 Å². The molecular weight excluding hydrogens is 353 g/mol. The van der Waals surface area contributed by atoms with Gasteiger partial charge in [0.2, 0.25) is 0 Å². The van der Waals surface area contributed by atoms with Gasteiger partial charge in [0.1, 0.15) is 5.82 Å². The van der Waals surface area contributed by atoms with Crippen LogP contribution in [0.25, 0.3) is 0 Å². The SMILES string of the molecule is O=C(N1CCC(Cc2ccccc2)CC1)N1CCN(c2ccccc2F)CC1. The molecule has 5 heteroatoms. The highest BCUT2D eigenvalue weighted by Gasteiger charge is 2.29. The Morgan fingerprint density at radius 3 is 2.11 bits per heavy atom. The molecule has 148 valence electrons. The average molecular weight is 381 g/mol. The second kappa shape index (κ2) is 8.63. The molecule has 2 aliphatic heterocycles. The van der Waals surface area contributed by atoms with Crippen molar-refractivity contribution in [2.45, 2.75) is 19.3 Å². The van der Waals surface area contributed by atoms with Gasteiger partial charge in [-0.25, -0.2) is 9.18 Å². The second-order valence-corrected chi connectivity index (χ2v) is 7.83. The number of halogens is 1. The van der Waals surface area contributed by atoms with Gasteiger partial charge >= 0.3 is 6.03 Å². The molecule has 0 atom stereocenters. The molecule has 0 saturated carbocycles. The number of carbonyl (C=O) groups is 1. The summed E-state index contributed by atoms with van der Waals surface area (Å²) in [5.41, 5.74) is 2.02. The van der Waals surface area contributed by atoms with E-state index in [1.807, 2.05) is 26.8 Å². The van der Waals surface area contributed by atoms with Crippen LogP contribution in [0.3, 0.4) is 0 Å². The molecule has 4 nitrogen and oxygen atoms in total. The van der Waals surface area contributed by atoms with Crippen molar-refractivity contribution < 1.29 is 9.18 Å². The normalized spacial score (nSPS) is 18.4. The molecule has 0 unspecified atom stereocenters. The summed E-state index contributed by atoms with van der Waals surface area (Å²) in [6.07, 6.45) is 3.23. The fourth-order valence-corrected chi connectivity index (χ4v) is 4.32. The quantitative estimate of drug-likeness (QED) is 0.803. The Labute approximate surface area is 166 Å². The number of likely N-dealkylation sites (tertiary alicyclic amines) is 1. The van der Waals surface area contributed by atoms with Crippen molar-refractivity contribution in [1.29, 1.82) is 0 Å². The number of rotatable bonds is 3. The summed E-state index contributed by atoms with van der Waals surface area (Å²) >= 11 is 0. The van der Waals surface area contributed by atoms with E-state index in [9.17, 15) is 9.18 Å². The molecule has 28 heavy (non-hydrogen) atoms. The Bertz CT molecular complexity index is 781. The van der Waals surface area contributed by atoms with E-state index in [4.69, 9.17) is 0 Å². The van der Waals surface area contributed by atoms with Gasteiger partial charge in [0.05, 0.1) is 5.69 Å². The molecule has 0 radical (unpaired) electrons. The topological polar surface area (TPSA) is 26.8 Å². The zero-order valence-electron chi connectivity index (χ0n) is 16.3. The molecular formula is C23H28FN3O. The predicted molar refractivity (Wildman–Crippen MR) is 110 cm³/mol. The lowest BCUT2D eigenvalue weighted by Gasteiger charge is -2.40. The minimum Gasteiger partial charge on any atom is -0.366 e. The first-order valence-corrected chi connectivity index (χ1v) is 10.3. The third-order valence-corrected chi connectivity index (χ3v) is 6.00. The lowest BCUT2D eigenvalue weighted by molar-refractivity contribution is 0.130. The maximum absolute atomic E-state index is 14.0. The molecule has 0 N–H and O–H groups in total. The van der Waals surface area contributed by atoms with E-state index < -0.39 is 0 Å². The van der Waals surface area contributed by atoms with Gasteiger partial charge in [-0.1, -0.05) is 42.5 Å². The molecule has 2 aromatic rings. The first-order valence-electron chi connectivity index (χ1n) is 10.3. The predicted octanol–water partition coefficient (Wildman–Crippen LogP) is 4.02. The molecule has 0 aromatic heterocycles. The molecule has 0 spiro atoms. The monoisotopic (exact) mass is 381 g/mol. The fourth-order valence-electron chi connectivity index (χ4n) is 4.32. The largest absolute Gasteiger partial charge is 0.366 e. The van der Waals surface area contributed by atoms with Gasteiger partial charge in [0.15, 0.2) is 0 Å². The van der Waals surface area contributed by atoms with Gasteiger partial charge in [0.25, 0.3) is 0 Å². The number of nitrogens with zero attached hydrogens (tertiary/aromatic N) is 3. The first-order chi connectivity index (χ1) is 13.7. The number of urea groups is 1. The van der Waals surface area contributed by atoms with Gasteiger partial charge in [-0.2, -0.15) is 0 Å². The smallest absolute Gasteiger partial charge is 0.320 e. The lowest BCUT2D eigenvalue weighted by Crippen LogP contribution is -2.54. The molecule has 2 aliphatic rings. The van der Waals surface area contributed by atoms with Gasteiger partial charge in [0, 0.05) is 39.3 Å². The first kappa shape index (κ1) is 18.8. The van der Waals surface area contributed by atoms with E-state index in [-0.39, 0.29) is 11.8 Å². The highest BCUT2D eigenvalue weighted by Crippen LogP contribution is 2.24. The standard InChI is InChI=1S/C23H28FN3O/c24-21-8-4-5-9-22(21)25-14-16-27(17-15-25)23(28)26-12-10-20(11-13-26)18-19-6-2-1-3-7-19/h1-9,20H,10-18H2. The number of hydrogen-bond acceptors (Lipinski definition) is 2. The molecule has 4 rings (SSSR count). The number of amides is 2. The van der Waals surface area contributed by atoms with Crippen LogP contribution in [0.2, 0.25) is 0 Å². The van der Waals surface area contributed by atoms with Gasteiger partial charge in [-0.3, -0.25) is 0 Å². The van der Waals surface area contributed by atoms with Crippen LogP contribution in [-0.4, -0.2) is 55.1 Å². The van der Waals surface area contributed by atoms with E-state index in [1.54, 1.807) is 6.07 Å². The summed E-state index contributed by atoms with van der Waals surface area (Å²) in [4.78, 5) is 18.8. The summed E-state index contributed by atoms with van der Waals surface area (Å²) < 4.78 is 14.0. The van der Waals surface area contributed by atoms with Crippen LogP contribution in [0.4, 0.5) is 14.9 Å². The molecule has 2 aromatic carbocycles. The van der Waals surface area contributed by atoms with Crippen molar-refractivity contribution >= 4 is 11.7 Å². The molecule has 2 heterocycles. The fraction of sp³-hybridized carbons (Fsp3) is 0.435. The number of benzene rings is 2. The Kier molecular flexibility index (Phi) is 5.79. The Balaban J connectivity index is 1.25. The van der Waals surface area contributed by atoms with Crippen LogP contribution >= 0.6 is 0 Å². The third kappa shape index (κ3) is 4.29. The highest BCUT2D eigenvalue weighted by molar-refractivity contribution is 5.75. The van der Waals surface area contributed by atoms with Crippen LogP contribution in [0, 0.1) is 11.7 Å². The van der Waals surface area contributed by atoms with Crippen LogP contribution in [0.5, 0.6) is 0 Å². The zero-order valence-corrected chi connectivity index (χ0v) is 16.3. The van der Waals surface area contributed by atoms with E-state index in [1.165, 1.54) is 11.6 Å². The van der Waals surface area contributed by atoms with Gasteiger partial charge in [-0.05, 0) is 42.9 Å². The summed E-state index contributed by atoms with van der Waals surface area (Å²) in [6, 6.07) is 17.6. The van der Waals surface area contributed by atoms with Crippen LogP contribution in [-0.2, 0) is 6.42 Å². The minimum atomic E-state index is -0.192. The average Bonchev–Trinajstić information content (AvgIpc) is 2.75. The summed E-state index contributed by atoms with van der Waals surface area (Å²) in [7, 11) is 0. The number of piperazine rings is 1. The third-order valence-electron chi connectivity index (χ3n) is 6.00. The van der Waals surface area contributed by atoms with Crippen molar-refractivity contribution in [3.8, 4) is 0 Å². The second-order valence-electron chi connectivity index (χ2n) is 7.83. The highest BCUT2D eigenvalue weighted by atomic mass is 19.1.